The van der Waals surface area contributed by atoms with Gasteiger partial charge in [0.2, 0.25) is 0 Å². The number of nitro groups is 1. The summed E-state index contributed by atoms with van der Waals surface area (Å²) in [5.41, 5.74) is 0.115. The van der Waals surface area contributed by atoms with Crippen molar-refractivity contribution in [1.82, 2.24) is 0 Å². The molecule has 24 heavy (non-hydrogen) atoms. The largest absolute Gasteiger partial charge is 0.506 e. The molecule has 0 unspecified atom stereocenters. The number of phenolic OH excluding ortho intramolecular Hbond substituents is 1. The van der Waals surface area contributed by atoms with Crippen molar-refractivity contribution in [3.8, 4) is 11.5 Å². The number of ether oxygens (including phenoxy) is 1. The molecule has 0 bridgehead atoms. The van der Waals surface area contributed by atoms with Gasteiger partial charge in [0.1, 0.15) is 11.5 Å². The zero-order valence-electron chi connectivity index (χ0n) is 13.2. The highest BCUT2D eigenvalue weighted by atomic mass is 16.6. The quantitative estimate of drug-likeness (QED) is 0.348. The Morgan fingerprint density at radius 2 is 1.96 bits per heavy atom. The van der Waals surface area contributed by atoms with Crippen molar-refractivity contribution in [3.63, 3.8) is 0 Å². The van der Waals surface area contributed by atoms with Gasteiger partial charge in [-0.2, -0.15) is 0 Å². The number of anilines is 1. The highest BCUT2D eigenvalue weighted by Gasteiger charge is 2.13. The van der Waals surface area contributed by atoms with Crippen molar-refractivity contribution in [2.75, 3.05) is 11.9 Å². The number of nitrogens with zero attached hydrogens (tertiary/aromatic N) is 1. The second kappa shape index (κ2) is 7.96. The highest BCUT2D eigenvalue weighted by molar-refractivity contribution is 6.05. The molecule has 0 radical (unpaired) electrons. The van der Waals surface area contributed by atoms with Crippen molar-refractivity contribution >= 4 is 17.3 Å². The van der Waals surface area contributed by atoms with Gasteiger partial charge in [-0.15, -0.1) is 0 Å². The summed E-state index contributed by atoms with van der Waals surface area (Å²) in [7, 11) is 0. The van der Waals surface area contributed by atoms with Gasteiger partial charge in [-0.25, -0.2) is 0 Å². The lowest BCUT2D eigenvalue weighted by atomic mass is 10.2. The first-order valence-corrected chi connectivity index (χ1v) is 7.53. The Hall–Kier alpha value is -3.09. The molecule has 0 aliphatic rings. The predicted octanol–water partition coefficient (Wildman–Crippen LogP) is 3.73. The minimum atomic E-state index is -0.600. The Labute approximate surface area is 139 Å². The number of amides is 1. The maximum Gasteiger partial charge on any atom is 0.271 e. The van der Waals surface area contributed by atoms with Crippen LogP contribution in [0.3, 0.4) is 0 Å². The van der Waals surface area contributed by atoms with Gasteiger partial charge in [-0.3, -0.25) is 14.9 Å². The number of hydrogen-bond acceptors (Lipinski definition) is 5. The number of phenols is 1. The van der Waals surface area contributed by atoms with Crippen LogP contribution in [0.1, 0.15) is 30.1 Å². The minimum absolute atomic E-state index is 0.0162. The SMILES string of the molecule is CCCCOc1ccc(C(=O)Nc2cc([N+](=O)[O-])ccc2O)cc1. The lowest BCUT2D eigenvalue weighted by Crippen LogP contribution is -2.12. The number of rotatable bonds is 7. The van der Waals surface area contributed by atoms with Gasteiger partial charge in [0.15, 0.2) is 0 Å². The molecule has 0 fully saturated rings. The molecule has 1 amide bonds. The van der Waals surface area contributed by atoms with Crippen LogP contribution in [0.4, 0.5) is 11.4 Å². The number of carbonyl (C=O) groups excluding carboxylic acids is 1. The molecule has 0 heterocycles. The van der Waals surface area contributed by atoms with Gasteiger partial charge in [-0.1, -0.05) is 13.3 Å². The van der Waals surface area contributed by atoms with Crippen LogP contribution >= 0.6 is 0 Å². The average Bonchev–Trinajstić information content (AvgIpc) is 2.57. The maximum atomic E-state index is 12.2. The number of nitro benzene ring substituents is 1. The normalized spacial score (nSPS) is 10.2. The maximum absolute atomic E-state index is 12.2. The Morgan fingerprint density at radius 3 is 2.58 bits per heavy atom. The summed E-state index contributed by atoms with van der Waals surface area (Å²) in [4.78, 5) is 22.3. The molecule has 0 aromatic heterocycles. The number of non-ortho nitro benzene ring substituents is 1. The van der Waals surface area contributed by atoms with Crippen molar-refractivity contribution in [2.45, 2.75) is 19.8 Å². The van der Waals surface area contributed by atoms with Crippen LogP contribution in [0.5, 0.6) is 11.5 Å². The van der Waals surface area contributed by atoms with Crippen molar-refractivity contribution in [1.29, 1.82) is 0 Å². The molecule has 2 aromatic rings. The van der Waals surface area contributed by atoms with Crippen LogP contribution < -0.4 is 10.1 Å². The number of aromatic hydroxyl groups is 1. The second-order valence-corrected chi connectivity index (χ2v) is 5.14. The van der Waals surface area contributed by atoms with E-state index >= 15 is 0 Å². The number of hydrogen-bond donors (Lipinski definition) is 2. The molecule has 0 saturated carbocycles. The van der Waals surface area contributed by atoms with Gasteiger partial charge in [-0.05, 0) is 36.8 Å². The predicted molar refractivity (Wildman–Crippen MR) is 89.6 cm³/mol. The summed E-state index contributed by atoms with van der Waals surface area (Å²) in [5, 5.41) is 22.9. The van der Waals surface area contributed by atoms with Gasteiger partial charge >= 0.3 is 0 Å². The van der Waals surface area contributed by atoms with Crippen LogP contribution in [-0.4, -0.2) is 22.5 Å². The summed E-state index contributed by atoms with van der Waals surface area (Å²) in [6, 6.07) is 9.97. The van der Waals surface area contributed by atoms with E-state index in [9.17, 15) is 20.0 Å². The topological polar surface area (TPSA) is 102 Å². The first-order chi connectivity index (χ1) is 11.5. The molecular formula is C17H18N2O5. The first kappa shape index (κ1) is 17.3. The lowest BCUT2D eigenvalue weighted by Gasteiger charge is -2.09. The molecule has 7 heteroatoms. The summed E-state index contributed by atoms with van der Waals surface area (Å²) >= 11 is 0. The van der Waals surface area contributed by atoms with E-state index in [1.165, 1.54) is 6.07 Å². The molecule has 126 valence electrons. The molecule has 2 rings (SSSR count). The van der Waals surface area contributed by atoms with E-state index in [1.54, 1.807) is 24.3 Å². The number of benzene rings is 2. The van der Waals surface area contributed by atoms with Crippen LogP contribution in [0.2, 0.25) is 0 Å². The van der Waals surface area contributed by atoms with Crippen molar-refractivity contribution < 1.29 is 19.6 Å². The van der Waals surface area contributed by atoms with Crippen molar-refractivity contribution in [3.05, 3.63) is 58.1 Å². The van der Waals surface area contributed by atoms with Gasteiger partial charge in [0.05, 0.1) is 17.2 Å². The fraction of sp³-hybridized carbons (Fsp3) is 0.235. The number of unbranched alkanes of at least 4 members (excludes halogenated alkanes) is 1. The molecule has 0 saturated heterocycles. The van der Waals surface area contributed by atoms with Gasteiger partial charge < -0.3 is 15.2 Å². The Bertz CT molecular complexity index is 728. The first-order valence-electron chi connectivity index (χ1n) is 7.53. The zero-order chi connectivity index (χ0) is 17.5. The number of carbonyl (C=O) groups is 1. The fourth-order valence-electron chi connectivity index (χ4n) is 1.97. The minimum Gasteiger partial charge on any atom is -0.506 e. The van der Waals surface area contributed by atoms with E-state index in [2.05, 4.69) is 12.2 Å². The van der Waals surface area contributed by atoms with E-state index in [-0.39, 0.29) is 17.1 Å². The third-order valence-corrected chi connectivity index (χ3v) is 3.32. The molecule has 7 nitrogen and oxygen atoms in total. The second-order valence-electron chi connectivity index (χ2n) is 5.14. The average molecular weight is 330 g/mol. The molecule has 0 atom stereocenters. The van der Waals surface area contributed by atoms with Gasteiger partial charge in [0.25, 0.3) is 11.6 Å². The van der Waals surface area contributed by atoms with E-state index in [0.717, 1.165) is 25.0 Å². The Balaban J connectivity index is 2.07. The summed E-state index contributed by atoms with van der Waals surface area (Å²) in [6.07, 6.45) is 1.99. The van der Waals surface area contributed by atoms with E-state index in [0.29, 0.717) is 17.9 Å². The standard InChI is InChI=1S/C17H18N2O5/c1-2-3-10-24-14-7-4-12(5-8-14)17(21)18-15-11-13(19(22)23)6-9-16(15)20/h4-9,11,20H,2-3,10H2,1H3,(H,18,21). The molecule has 2 N–H and O–H groups in total. The number of nitrogens with one attached hydrogen (secondary N) is 1. The van der Waals surface area contributed by atoms with Crippen LogP contribution in [0.15, 0.2) is 42.5 Å². The van der Waals surface area contributed by atoms with E-state index in [1.807, 2.05) is 0 Å². The van der Waals surface area contributed by atoms with Crippen LogP contribution in [0, 0.1) is 10.1 Å². The smallest absolute Gasteiger partial charge is 0.271 e. The van der Waals surface area contributed by atoms with E-state index in [4.69, 9.17) is 4.74 Å². The van der Waals surface area contributed by atoms with Gasteiger partial charge in [0, 0.05) is 17.7 Å². The molecule has 2 aromatic carbocycles. The molecule has 0 spiro atoms. The molecular weight excluding hydrogens is 312 g/mol. The fourth-order valence-corrected chi connectivity index (χ4v) is 1.97. The van der Waals surface area contributed by atoms with Crippen LogP contribution in [0.25, 0.3) is 0 Å². The highest BCUT2D eigenvalue weighted by Crippen LogP contribution is 2.28. The lowest BCUT2D eigenvalue weighted by molar-refractivity contribution is -0.384. The summed E-state index contributed by atoms with van der Waals surface area (Å²) in [5.74, 6) is -0.0578. The Kier molecular flexibility index (Phi) is 5.73. The third-order valence-electron chi connectivity index (χ3n) is 3.32. The monoisotopic (exact) mass is 330 g/mol. The molecule has 0 aliphatic carbocycles. The summed E-state index contributed by atoms with van der Waals surface area (Å²) < 4.78 is 5.51. The summed E-state index contributed by atoms with van der Waals surface area (Å²) in [6.45, 7) is 2.68. The third kappa shape index (κ3) is 4.45. The van der Waals surface area contributed by atoms with E-state index < -0.39 is 10.8 Å². The Morgan fingerprint density at radius 1 is 1.25 bits per heavy atom. The zero-order valence-corrected chi connectivity index (χ0v) is 13.2. The molecule has 0 aliphatic heterocycles. The van der Waals surface area contributed by atoms with Crippen molar-refractivity contribution in [2.24, 2.45) is 0 Å². The van der Waals surface area contributed by atoms with Crippen LogP contribution in [-0.2, 0) is 0 Å².